The fourth-order valence-electron chi connectivity index (χ4n) is 3.81. The largest absolute Gasteiger partial charge is 0.360 e. The summed E-state index contributed by atoms with van der Waals surface area (Å²) in [5, 5.41) is 3.19. The molecule has 2 atom stereocenters. The van der Waals surface area contributed by atoms with Crippen LogP contribution in [0.15, 0.2) is 54.6 Å². The number of hydrogen-bond donors (Lipinski definition) is 2. The van der Waals surface area contributed by atoms with Crippen LogP contribution in [-0.4, -0.2) is 38.1 Å². The predicted octanol–water partition coefficient (Wildman–Crippen LogP) is 2.93. The Balaban J connectivity index is 1.59. The molecule has 1 aliphatic rings. The van der Waals surface area contributed by atoms with Gasteiger partial charge in [0.2, 0.25) is 0 Å². The minimum Gasteiger partial charge on any atom is -0.360 e. The first-order chi connectivity index (χ1) is 13.1. The lowest BCUT2D eigenvalue weighted by Crippen LogP contribution is -3.19. The van der Waals surface area contributed by atoms with Crippen molar-refractivity contribution >= 4 is 17.3 Å². The van der Waals surface area contributed by atoms with Crippen LogP contribution in [0.5, 0.6) is 0 Å². The Bertz CT molecular complexity index is 738. The second-order valence-electron chi connectivity index (χ2n) is 7.59. The number of quaternary nitrogens is 1. The van der Waals surface area contributed by atoms with Crippen LogP contribution < -0.4 is 15.1 Å². The van der Waals surface area contributed by atoms with Crippen LogP contribution in [0.2, 0.25) is 0 Å². The van der Waals surface area contributed by atoms with Crippen molar-refractivity contribution in [1.82, 2.24) is 0 Å². The molecule has 1 fully saturated rings. The number of anilines is 2. The van der Waals surface area contributed by atoms with Gasteiger partial charge >= 0.3 is 0 Å². The first-order valence-corrected chi connectivity index (χ1v) is 10.1. The highest BCUT2D eigenvalue weighted by molar-refractivity contribution is 5.94. The quantitative estimate of drug-likeness (QED) is 0.825. The number of piperazine rings is 1. The molecule has 3 rings (SSSR count). The van der Waals surface area contributed by atoms with Crippen LogP contribution in [0, 0.1) is 0 Å². The Kier molecular flexibility index (Phi) is 6.51. The molecule has 4 nitrogen and oxygen atoms in total. The van der Waals surface area contributed by atoms with Crippen molar-refractivity contribution in [3.05, 3.63) is 60.2 Å². The van der Waals surface area contributed by atoms with Crippen molar-refractivity contribution in [2.75, 3.05) is 36.4 Å². The maximum atomic E-state index is 12.9. The van der Waals surface area contributed by atoms with Crippen LogP contribution in [-0.2, 0) is 4.79 Å². The maximum absolute atomic E-state index is 12.9. The van der Waals surface area contributed by atoms with Gasteiger partial charge in [0.1, 0.15) is 0 Å². The molecule has 0 aromatic heterocycles. The van der Waals surface area contributed by atoms with Crippen LogP contribution in [0.3, 0.4) is 0 Å². The molecule has 2 N–H and O–H groups in total. The summed E-state index contributed by atoms with van der Waals surface area (Å²) >= 11 is 0. The number of para-hydroxylation sites is 2. The average Bonchev–Trinajstić information content (AvgIpc) is 2.73. The Morgan fingerprint density at radius 2 is 1.67 bits per heavy atom. The molecule has 0 aliphatic carbocycles. The summed E-state index contributed by atoms with van der Waals surface area (Å²) < 4.78 is 0. The molecule has 2 aromatic rings. The molecule has 144 valence electrons. The van der Waals surface area contributed by atoms with Gasteiger partial charge in [-0.05, 0) is 43.0 Å². The topological polar surface area (TPSA) is 36.8 Å². The van der Waals surface area contributed by atoms with E-state index in [4.69, 9.17) is 0 Å². The van der Waals surface area contributed by atoms with Crippen LogP contribution in [0.25, 0.3) is 0 Å². The minimum atomic E-state index is -0.0482. The number of nitrogens with zero attached hydrogens (tertiary/aromatic N) is 1. The fourth-order valence-corrected chi connectivity index (χ4v) is 3.81. The lowest BCUT2D eigenvalue weighted by molar-refractivity contribution is -0.914. The van der Waals surface area contributed by atoms with E-state index in [1.165, 1.54) is 16.2 Å². The van der Waals surface area contributed by atoms with Gasteiger partial charge in [0.05, 0.1) is 26.2 Å². The second kappa shape index (κ2) is 9.05. The highest BCUT2D eigenvalue weighted by Gasteiger charge is 2.29. The number of carbonyl (C=O) groups is 1. The SMILES string of the molecule is CC[C@@H](C)c1ccccc1NC(=O)[C@H](C)[NH+]1CCN(c2ccccc2)CC1. The zero-order chi connectivity index (χ0) is 19.2. The third kappa shape index (κ3) is 4.69. The fraction of sp³-hybridized carbons (Fsp3) is 0.435. The maximum Gasteiger partial charge on any atom is 0.282 e. The molecule has 1 aliphatic heterocycles. The number of nitrogens with one attached hydrogen (secondary N) is 2. The normalized spacial score (nSPS) is 17.4. The van der Waals surface area contributed by atoms with Gasteiger partial charge in [-0.15, -0.1) is 0 Å². The summed E-state index contributed by atoms with van der Waals surface area (Å²) in [6.45, 7) is 10.4. The van der Waals surface area contributed by atoms with E-state index < -0.39 is 0 Å². The van der Waals surface area contributed by atoms with Crippen molar-refractivity contribution in [2.45, 2.75) is 39.2 Å². The zero-order valence-corrected chi connectivity index (χ0v) is 16.7. The second-order valence-corrected chi connectivity index (χ2v) is 7.59. The van der Waals surface area contributed by atoms with Crippen molar-refractivity contribution in [3.8, 4) is 0 Å². The average molecular weight is 367 g/mol. The number of hydrogen-bond acceptors (Lipinski definition) is 2. The lowest BCUT2D eigenvalue weighted by Gasteiger charge is -2.36. The van der Waals surface area contributed by atoms with E-state index >= 15 is 0 Å². The van der Waals surface area contributed by atoms with Gasteiger partial charge in [-0.1, -0.05) is 50.2 Å². The molecular weight excluding hydrogens is 334 g/mol. The smallest absolute Gasteiger partial charge is 0.282 e. The van der Waals surface area contributed by atoms with E-state index in [1.54, 1.807) is 0 Å². The van der Waals surface area contributed by atoms with Crippen molar-refractivity contribution < 1.29 is 9.69 Å². The van der Waals surface area contributed by atoms with E-state index in [2.05, 4.69) is 73.5 Å². The van der Waals surface area contributed by atoms with Gasteiger partial charge in [0.25, 0.3) is 5.91 Å². The van der Waals surface area contributed by atoms with Crippen LogP contribution in [0.4, 0.5) is 11.4 Å². The van der Waals surface area contributed by atoms with Crippen LogP contribution in [0.1, 0.15) is 38.7 Å². The van der Waals surface area contributed by atoms with Gasteiger partial charge in [-0.3, -0.25) is 4.79 Å². The van der Waals surface area contributed by atoms with Gasteiger partial charge in [-0.25, -0.2) is 0 Å². The summed E-state index contributed by atoms with van der Waals surface area (Å²) in [7, 11) is 0. The number of benzene rings is 2. The Labute approximate surface area is 163 Å². The summed E-state index contributed by atoms with van der Waals surface area (Å²) in [6, 6.07) is 18.7. The molecule has 0 radical (unpaired) electrons. The first-order valence-electron chi connectivity index (χ1n) is 10.1. The molecule has 1 saturated heterocycles. The highest BCUT2D eigenvalue weighted by Crippen LogP contribution is 2.26. The lowest BCUT2D eigenvalue weighted by atomic mass is 9.97. The van der Waals surface area contributed by atoms with Gasteiger partial charge in [-0.2, -0.15) is 0 Å². The number of carbonyl (C=O) groups excluding carboxylic acids is 1. The molecule has 0 saturated carbocycles. The van der Waals surface area contributed by atoms with E-state index in [9.17, 15) is 4.79 Å². The van der Waals surface area contributed by atoms with E-state index in [-0.39, 0.29) is 11.9 Å². The molecule has 2 aromatic carbocycles. The summed E-state index contributed by atoms with van der Waals surface area (Å²) in [6.07, 6.45) is 1.06. The Hall–Kier alpha value is -2.33. The van der Waals surface area contributed by atoms with Crippen molar-refractivity contribution in [2.24, 2.45) is 0 Å². The zero-order valence-electron chi connectivity index (χ0n) is 16.7. The minimum absolute atomic E-state index is 0.0482. The number of rotatable bonds is 6. The summed E-state index contributed by atoms with van der Waals surface area (Å²) in [5.41, 5.74) is 3.46. The molecule has 1 heterocycles. The molecule has 4 heteroatoms. The Morgan fingerprint density at radius 1 is 1.04 bits per heavy atom. The molecule has 1 amide bonds. The van der Waals surface area contributed by atoms with Gasteiger partial charge in [0, 0.05) is 11.4 Å². The molecule has 0 spiro atoms. The molecular formula is C23H32N3O+. The van der Waals surface area contributed by atoms with E-state index in [1.807, 2.05) is 12.1 Å². The summed E-state index contributed by atoms with van der Waals surface area (Å²) in [5.74, 6) is 0.562. The molecule has 0 bridgehead atoms. The standard InChI is InChI=1S/C23H31N3O/c1-4-18(2)21-12-8-9-13-22(21)24-23(27)19(3)25-14-16-26(17-15-25)20-10-6-5-7-11-20/h5-13,18-19H,4,14-17H2,1-3H3,(H,24,27)/p+1/t18-,19+/m1/s1. The van der Waals surface area contributed by atoms with Crippen LogP contribution >= 0.6 is 0 Å². The molecule has 0 unspecified atom stereocenters. The Morgan fingerprint density at radius 3 is 2.33 bits per heavy atom. The first kappa shape index (κ1) is 19.4. The van der Waals surface area contributed by atoms with E-state index in [0.717, 1.165) is 38.3 Å². The monoisotopic (exact) mass is 366 g/mol. The highest BCUT2D eigenvalue weighted by atomic mass is 16.2. The molecule has 27 heavy (non-hydrogen) atoms. The van der Waals surface area contributed by atoms with Gasteiger partial charge < -0.3 is 15.1 Å². The van der Waals surface area contributed by atoms with E-state index in [0.29, 0.717) is 5.92 Å². The third-order valence-electron chi connectivity index (χ3n) is 5.89. The predicted molar refractivity (Wildman–Crippen MR) is 113 cm³/mol. The van der Waals surface area contributed by atoms with Crippen molar-refractivity contribution in [3.63, 3.8) is 0 Å². The third-order valence-corrected chi connectivity index (χ3v) is 5.89. The van der Waals surface area contributed by atoms with Crippen molar-refractivity contribution in [1.29, 1.82) is 0 Å². The van der Waals surface area contributed by atoms with Gasteiger partial charge in [0.15, 0.2) is 6.04 Å². The summed E-state index contributed by atoms with van der Waals surface area (Å²) in [4.78, 5) is 16.7. The number of amides is 1.